The lowest BCUT2D eigenvalue weighted by molar-refractivity contribution is 0.0795. The molecule has 36 heavy (non-hydrogen) atoms. The molecule has 2 heterocycles. The Kier molecular flexibility index (Phi) is 9.46. The first-order chi connectivity index (χ1) is 17.3. The number of thiazole rings is 1. The molecule has 1 aromatic heterocycles. The maximum Gasteiger partial charge on any atom is 0.407 e. The summed E-state index contributed by atoms with van der Waals surface area (Å²) in [4.78, 5) is 45.6. The Morgan fingerprint density at radius 3 is 2.53 bits per heavy atom. The van der Waals surface area contributed by atoms with Crippen LogP contribution in [0.3, 0.4) is 0 Å². The molecular weight excluding hydrogens is 484 g/mol. The average Bonchev–Trinajstić information content (AvgIpc) is 3.35. The number of carbonyl (C=O) groups is 3. The molecule has 192 valence electrons. The lowest BCUT2D eigenvalue weighted by Gasteiger charge is -2.32. The van der Waals surface area contributed by atoms with Crippen LogP contribution in [-0.2, 0) is 6.61 Å². The second-order valence-electron chi connectivity index (χ2n) is 8.65. The molecular formula is C24H30N6O5S. The van der Waals surface area contributed by atoms with Gasteiger partial charge >= 0.3 is 12.1 Å². The fourth-order valence-corrected chi connectivity index (χ4v) is 4.36. The summed E-state index contributed by atoms with van der Waals surface area (Å²) < 4.78 is 5.82. The minimum Gasteiger partial charge on any atom is -0.487 e. The third-order valence-corrected chi connectivity index (χ3v) is 6.54. The number of rotatable bonds is 9. The largest absolute Gasteiger partial charge is 0.487 e. The van der Waals surface area contributed by atoms with Crippen LogP contribution in [0, 0.1) is 17.2 Å². The minimum absolute atomic E-state index is 0.173. The minimum atomic E-state index is -0.902. The van der Waals surface area contributed by atoms with Gasteiger partial charge in [-0.1, -0.05) is 13.8 Å². The smallest absolute Gasteiger partial charge is 0.407 e. The quantitative estimate of drug-likeness (QED) is 0.486. The van der Waals surface area contributed by atoms with Gasteiger partial charge in [0.1, 0.15) is 18.9 Å². The summed E-state index contributed by atoms with van der Waals surface area (Å²) >= 11 is 1.49. The molecule has 2 N–H and O–H groups in total. The Labute approximate surface area is 213 Å². The van der Waals surface area contributed by atoms with Crippen molar-refractivity contribution >= 4 is 34.5 Å². The van der Waals surface area contributed by atoms with Gasteiger partial charge in [-0.3, -0.25) is 9.69 Å². The molecule has 4 amide bonds. The summed E-state index contributed by atoms with van der Waals surface area (Å²) in [5.74, 6) is 0.420. The zero-order valence-electron chi connectivity index (χ0n) is 20.3. The van der Waals surface area contributed by atoms with Gasteiger partial charge in [0.15, 0.2) is 5.13 Å². The highest BCUT2D eigenvalue weighted by Crippen LogP contribution is 2.23. The third-order valence-electron chi connectivity index (χ3n) is 5.59. The number of aromatic nitrogens is 1. The highest BCUT2D eigenvalue weighted by atomic mass is 32.1. The molecule has 0 bridgehead atoms. The van der Waals surface area contributed by atoms with Crippen molar-refractivity contribution in [2.24, 2.45) is 5.92 Å². The molecule has 0 atom stereocenters. The number of nitrogens with one attached hydrogen (secondary N) is 1. The van der Waals surface area contributed by atoms with Crippen LogP contribution < -0.4 is 15.0 Å². The van der Waals surface area contributed by atoms with E-state index in [1.807, 2.05) is 25.3 Å². The van der Waals surface area contributed by atoms with Crippen LogP contribution in [0.4, 0.5) is 14.7 Å². The van der Waals surface area contributed by atoms with Gasteiger partial charge in [-0.05, 0) is 36.6 Å². The van der Waals surface area contributed by atoms with Gasteiger partial charge in [-0.15, -0.1) is 11.3 Å². The van der Waals surface area contributed by atoms with E-state index < -0.39 is 18.0 Å². The number of carboxylic acid groups (broad SMARTS) is 1. The van der Waals surface area contributed by atoms with Crippen molar-refractivity contribution in [1.29, 1.82) is 5.26 Å². The molecule has 0 aliphatic carbocycles. The number of hydrogen-bond donors (Lipinski definition) is 2. The van der Waals surface area contributed by atoms with Gasteiger partial charge < -0.3 is 25.0 Å². The second kappa shape index (κ2) is 12.7. The maximum atomic E-state index is 13.0. The molecule has 12 heteroatoms. The van der Waals surface area contributed by atoms with Crippen molar-refractivity contribution in [1.82, 2.24) is 20.1 Å². The first kappa shape index (κ1) is 26.7. The lowest BCUT2D eigenvalue weighted by Crippen LogP contribution is -2.48. The predicted octanol–water partition coefficient (Wildman–Crippen LogP) is 3.24. The van der Waals surface area contributed by atoms with Crippen LogP contribution in [0.25, 0.3) is 0 Å². The van der Waals surface area contributed by atoms with Crippen molar-refractivity contribution in [2.75, 3.05) is 44.2 Å². The van der Waals surface area contributed by atoms with Crippen molar-refractivity contribution in [3.63, 3.8) is 0 Å². The molecule has 1 fully saturated rings. The number of ether oxygens (including phenoxy) is 1. The first-order valence-electron chi connectivity index (χ1n) is 11.6. The van der Waals surface area contributed by atoms with E-state index >= 15 is 0 Å². The summed E-state index contributed by atoms with van der Waals surface area (Å²) in [6.07, 6.45) is -0.251. The number of carbonyl (C=O) groups excluding carboxylic acids is 2. The molecule has 0 saturated carbocycles. The van der Waals surface area contributed by atoms with E-state index in [0.29, 0.717) is 49.8 Å². The molecule has 11 nitrogen and oxygen atoms in total. The van der Waals surface area contributed by atoms with E-state index in [2.05, 4.69) is 15.2 Å². The van der Waals surface area contributed by atoms with Gasteiger partial charge in [0.2, 0.25) is 0 Å². The van der Waals surface area contributed by atoms with E-state index in [9.17, 15) is 14.4 Å². The number of hydrogen-bond acceptors (Lipinski definition) is 8. The Bertz CT molecular complexity index is 1090. The highest BCUT2D eigenvalue weighted by molar-refractivity contribution is 7.13. The number of nitriles is 1. The number of nitrogens with zero attached hydrogens (tertiary/aromatic N) is 5. The van der Waals surface area contributed by atoms with Crippen LogP contribution in [0.15, 0.2) is 29.6 Å². The SMILES string of the molecule is CC(C)CCN(C(=O)NCC#N)C(=O)c1ccc(OCc2csc(N3CCN(C(=O)O)CC3)n2)cc1. The number of anilines is 1. The fraction of sp³-hybridized carbons (Fsp3) is 0.458. The van der Waals surface area contributed by atoms with Crippen molar-refractivity contribution in [2.45, 2.75) is 26.9 Å². The summed E-state index contributed by atoms with van der Waals surface area (Å²) in [6.45, 7) is 6.42. The topological polar surface area (TPSA) is 139 Å². The van der Waals surface area contributed by atoms with Crippen LogP contribution in [0.5, 0.6) is 5.75 Å². The van der Waals surface area contributed by atoms with E-state index in [4.69, 9.17) is 15.1 Å². The fourth-order valence-electron chi connectivity index (χ4n) is 3.50. The molecule has 1 aromatic carbocycles. The molecule has 0 unspecified atom stereocenters. The van der Waals surface area contributed by atoms with Crippen molar-refractivity contribution in [3.05, 3.63) is 40.9 Å². The molecule has 0 spiro atoms. The first-order valence-corrected chi connectivity index (χ1v) is 12.5. The second-order valence-corrected chi connectivity index (χ2v) is 9.48. The molecule has 2 aromatic rings. The van der Waals surface area contributed by atoms with Crippen LogP contribution in [0.1, 0.15) is 36.3 Å². The third kappa shape index (κ3) is 7.32. The highest BCUT2D eigenvalue weighted by Gasteiger charge is 2.24. The Morgan fingerprint density at radius 1 is 1.22 bits per heavy atom. The van der Waals surface area contributed by atoms with Gasteiger partial charge in [0.25, 0.3) is 5.91 Å². The molecule has 1 saturated heterocycles. The van der Waals surface area contributed by atoms with Gasteiger partial charge in [0.05, 0.1) is 11.8 Å². The Balaban J connectivity index is 1.56. The summed E-state index contributed by atoms with van der Waals surface area (Å²) in [5.41, 5.74) is 1.10. The monoisotopic (exact) mass is 514 g/mol. The Hall–Kier alpha value is -3.85. The summed E-state index contributed by atoms with van der Waals surface area (Å²) in [7, 11) is 0. The zero-order valence-corrected chi connectivity index (χ0v) is 21.2. The van der Waals surface area contributed by atoms with Crippen molar-refractivity contribution in [3.8, 4) is 11.8 Å². The standard InChI is InChI=1S/C24H30N6O5S/c1-17(2)7-10-30(22(32)26-9-8-25)21(31)18-3-5-20(6-4-18)35-15-19-16-36-23(27-19)28-11-13-29(14-12-28)24(33)34/h3-6,16-17H,7,9-15H2,1-2H3,(H,26,32)(H,33,34). The Morgan fingerprint density at radius 2 is 1.92 bits per heavy atom. The van der Waals surface area contributed by atoms with E-state index in [1.54, 1.807) is 24.3 Å². The molecule has 1 aliphatic rings. The summed E-state index contributed by atoms with van der Waals surface area (Å²) in [6, 6.07) is 7.79. The number of piperazine rings is 1. The molecule has 3 rings (SSSR count). The lowest BCUT2D eigenvalue weighted by atomic mass is 10.1. The normalized spacial score (nSPS) is 13.3. The van der Waals surface area contributed by atoms with Crippen LogP contribution in [-0.4, -0.2) is 77.2 Å². The maximum absolute atomic E-state index is 13.0. The number of benzene rings is 1. The van der Waals surface area contributed by atoms with Crippen LogP contribution >= 0.6 is 11.3 Å². The van der Waals surface area contributed by atoms with Gasteiger partial charge in [0, 0.05) is 43.7 Å². The van der Waals surface area contributed by atoms with Crippen molar-refractivity contribution < 1.29 is 24.2 Å². The molecule has 1 aliphatic heterocycles. The molecule has 0 radical (unpaired) electrons. The zero-order chi connectivity index (χ0) is 26.1. The number of imide groups is 1. The predicted molar refractivity (Wildman–Crippen MR) is 134 cm³/mol. The summed E-state index contributed by atoms with van der Waals surface area (Å²) in [5, 5.41) is 23.0. The average molecular weight is 515 g/mol. The number of amides is 4. The number of urea groups is 1. The van der Waals surface area contributed by atoms with E-state index in [1.165, 1.54) is 16.2 Å². The van der Waals surface area contributed by atoms with Crippen LogP contribution in [0.2, 0.25) is 0 Å². The van der Waals surface area contributed by atoms with Gasteiger partial charge in [-0.25, -0.2) is 14.6 Å². The van der Waals surface area contributed by atoms with Gasteiger partial charge in [-0.2, -0.15) is 5.26 Å². The van der Waals surface area contributed by atoms with E-state index in [0.717, 1.165) is 15.7 Å². The van der Waals surface area contributed by atoms with E-state index in [-0.39, 0.29) is 19.7 Å².